The predicted molar refractivity (Wildman–Crippen MR) is 74.1 cm³/mol. The molecule has 0 radical (unpaired) electrons. The first kappa shape index (κ1) is 12.3. The number of benzene rings is 1. The number of fused-ring (bicyclic) bond motifs is 2. The lowest BCUT2D eigenvalue weighted by atomic mass is 10.1. The van der Waals surface area contributed by atoms with Crippen LogP contribution < -0.4 is 10.6 Å². The SMILES string of the molecule is C=CCNC(=O)[C@H]1C(=O)Nc2nc3ccccc3nc21. The second-order valence-corrected chi connectivity index (χ2v) is 4.40. The molecule has 0 saturated heterocycles. The first-order valence-corrected chi connectivity index (χ1v) is 6.17. The van der Waals surface area contributed by atoms with Gasteiger partial charge in [-0.3, -0.25) is 9.59 Å². The molecule has 2 heterocycles. The molecule has 0 aliphatic carbocycles. The summed E-state index contributed by atoms with van der Waals surface area (Å²) in [6.45, 7) is 3.82. The van der Waals surface area contributed by atoms with Gasteiger partial charge in [0.1, 0.15) is 5.69 Å². The minimum Gasteiger partial charge on any atom is -0.352 e. The molecular weight excluding hydrogens is 256 g/mol. The van der Waals surface area contributed by atoms with Crippen LogP contribution in [-0.4, -0.2) is 28.3 Å². The van der Waals surface area contributed by atoms with Crippen molar-refractivity contribution in [2.24, 2.45) is 0 Å². The van der Waals surface area contributed by atoms with Gasteiger partial charge in [0.2, 0.25) is 11.8 Å². The summed E-state index contributed by atoms with van der Waals surface area (Å²) in [5.74, 6) is -1.41. The molecule has 0 spiro atoms. The Labute approximate surface area is 114 Å². The van der Waals surface area contributed by atoms with Crippen molar-refractivity contribution in [3.8, 4) is 0 Å². The lowest BCUT2D eigenvalue weighted by molar-refractivity contribution is -0.128. The smallest absolute Gasteiger partial charge is 0.244 e. The highest BCUT2D eigenvalue weighted by atomic mass is 16.2. The Hall–Kier alpha value is -2.76. The standard InChI is InChI=1S/C14H12N4O2/c1-2-7-15-13(19)10-11-12(18-14(10)20)17-9-6-4-3-5-8(9)16-11/h2-6,10H,1,7H2,(H,15,19)(H,17,18,20)/t10-/m0/s1. The van der Waals surface area contributed by atoms with Crippen LogP contribution in [-0.2, 0) is 9.59 Å². The van der Waals surface area contributed by atoms with Gasteiger partial charge < -0.3 is 10.6 Å². The summed E-state index contributed by atoms with van der Waals surface area (Å²) in [6, 6.07) is 7.28. The minimum atomic E-state index is -0.956. The Balaban J connectivity index is 2.04. The molecule has 1 aliphatic rings. The molecule has 6 nitrogen and oxygen atoms in total. The average molecular weight is 268 g/mol. The fraction of sp³-hybridized carbons (Fsp3) is 0.143. The first-order valence-electron chi connectivity index (χ1n) is 6.17. The molecule has 2 amide bonds. The van der Waals surface area contributed by atoms with E-state index in [0.29, 0.717) is 29.1 Å². The molecule has 0 fully saturated rings. The Kier molecular flexibility index (Phi) is 2.90. The van der Waals surface area contributed by atoms with E-state index in [1.54, 1.807) is 18.2 Å². The summed E-state index contributed by atoms with van der Waals surface area (Å²) >= 11 is 0. The van der Waals surface area contributed by atoms with Gasteiger partial charge in [-0.25, -0.2) is 9.97 Å². The van der Waals surface area contributed by atoms with Crippen molar-refractivity contribution < 1.29 is 9.59 Å². The zero-order chi connectivity index (χ0) is 14.1. The Morgan fingerprint density at radius 2 is 2.05 bits per heavy atom. The van der Waals surface area contributed by atoms with Gasteiger partial charge in [-0.15, -0.1) is 6.58 Å². The van der Waals surface area contributed by atoms with E-state index in [1.165, 1.54) is 0 Å². The van der Waals surface area contributed by atoms with Gasteiger partial charge in [0.25, 0.3) is 0 Å². The van der Waals surface area contributed by atoms with Crippen LogP contribution in [0.25, 0.3) is 11.0 Å². The number of amides is 2. The molecule has 2 aromatic rings. The number of rotatable bonds is 3. The molecule has 1 aliphatic heterocycles. The van der Waals surface area contributed by atoms with Crippen LogP contribution in [0.3, 0.4) is 0 Å². The summed E-state index contributed by atoms with van der Waals surface area (Å²) in [5.41, 5.74) is 1.71. The van der Waals surface area contributed by atoms with Crippen molar-refractivity contribution in [1.82, 2.24) is 15.3 Å². The van der Waals surface area contributed by atoms with Gasteiger partial charge in [0.05, 0.1) is 11.0 Å². The number of aromatic nitrogens is 2. The van der Waals surface area contributed by atoms with Crippen molar-refractivity contribution in [2.75, 3.05) is 11.9 Å². The molecule has 0 saturated carbocycles. The van der Waals surface area contributed by atoms with Crippen LogP contribution in [0, 0.1) is 0 Å². The van der Waals surface area contributed by atoms with E-state index in [-0.39, 0.29) is 0 Å². The second kappa shape index (κ2) is 4.73. The number of para-hydroxylation sites is 2. The molecule has 1 atom stereocenters. The summed E-state index contributed by atoms with van der Waals surface area (Å²) in [5, 5.41) is 5.21. The van der Waals surface area contributed by atoms with E-state index in [9.17, 15) is 9.59 Å². The number of nitrogens with one attached hydrogen (secondary N) is 2. The van der Waals surface area contributed by atoms with Crippen LogP contribution in [0.2, 0.25) is 0 Å². The number of hydrogen-bond acceptors (Lipinski definition) is 4. The molecule has 6 heteroatoms. The van der Waals surface area contributed by atoms with E-state index < -0.39 is 17.7 Å². The maximum atomic E-state index is 12.0. The lowest BCUT2D eigenvalue weighted by Gasteiger charge is -2.08. The molecule has 1 aromatic carbocycles. The normalized spacial score (nSPS) is 16.6. The monoisotopic (exact) mass is 268 g/mol. The van der Waals surface area contributed by atoms with E-state index in [0.717, 1.165) is 0 Å². The Morgan fingerprint density at radius 1 is 1.35 bits per heavy atom. The fourth-order valence-electron chi connectivity index (χ4n) is 2.14. The molecule has 20 heavy (non-hydrogen) atoms. The highest BCUT2D eigenvalue weighted by molar-refractivity contribution is 6.15. The number of carbonyl (C=O) groups is 2. The second-order valence-electron chi connectivity index (χ2n) is 4.40. The Morgan fingerprint density at radius 3 is 2.75 bits per heavy atom. The summed E-state index contributed by atoms with van der Waals surface area (Å²) in [4.78, 5) is 32.7. The van der Waals surface area contributed by atoms with Crippen molar-refractivity contribution >= 4 is 28.7 Å². The number of hydrogen-bond donors (Lipinski definition) is 2. The lowest BCUT2D eigenvalue weighted by Crippen LogP contribution is -2.33. The summed E-state index contributed by atoms with van der Waals surface area (Å²) in [6.07, 6.45) is 1.55. The van der Waals surface area contributed by atoms with Gasteiger partial charge in [-0.2, -0.15) is 0 Å². The van der Waals surface area contributed by atoms with Gasteiger partial charge in [0.15, 0.2) is 11.7 Å². The maximum Gasteiger partial charge on any atom is 0.244 e. The van der Waals surface area contributed by atoms with Crippen LogP contribution in [0.1, 0.15) is 11.6 Å². The highest BCUT2D eigenvalue weighted by Gasteiger charge is 2.39. The molecule has 0 bridgehead atoms. The average Bonchev–Trinajstić information content (AvgIpc) is 2.77. The van der Waals surface area contributed by atoms with Crippen LogP contribution in [0.5, 0.6) is 0 Å². The molecule has 100 valence electrons. The summed E-state index contributed by atoms with van der Waals surface area (Å²) in [7, 11) is 0. The molecular formula is C14H12N4O2. The van der Waals surface area contributed by atoms with E-state index in [1.807, 2.05) is 12.1 Å². The molecule has 2 N–H and O–H groups in total. The number of anilines is 1. The third-order valence-electron chi connectivity index (χ3n) is 3.06. The largest absolute Gasteiger partial charge is 0.352 e. The Bertz CT molecular complexity index is 726. The van der Waals surface area contributed by atoms with E-state index in [2.05, 4.69) is 27.2 Å². The number of nitrogens with zero attached hydrogens (tertiary/aromatic N) is 2. The van der Waals surface area contributed by atoms with Crippen molar-refractivity contribution in [1.29, 1.82) is 0 Å². The third-order valence-corrected chi connectivity index (χ3v) is 3.06. The highest BCUT2D eigenvalue weighted by Crippen LogP contribution is 2.30. The third kappa shape index (κ3) is 1.91. The molecule has 3 rings (SSSR count). The van der Waals surface area contributed by atoms with Gasteiger partial charge in [-0.05, 0) is 12.1 Å². The number of carbonyl (C=O) groups excluding carboxylic acids is 2. The van der Waals surface area contributed by atoms with Gasteiger partial charge in [0, 0.05) is 6.54 Å². The van der Waals surface area contributed by atoms with Crippen molar-refractivity contribution in [2.45, 2.75) is 5.92 Å². The van der Waals surface area contributed by atoms with Crippen molar-refractivity contribution in [3.63, 3.8) is 0 Å². The zero-order valence-corrected chi connectivity index (χ0v) is 10.6. The maximum absolute atomic E-state index is 12.0. The van der Waals surface area contributed by atoms with Gasteiger partial charge in [-0.1, -0.05) is 18.2 Å². The summed E-state index contributed by atoms with van der Waals surface area (Å²) < 4.78 is 0. The van der Waals surface area contributed by atoms with E-state index in [4.69, 9.17) is 0 Å². The molecule has 1 aromatic heterocycles. The van der Waals surface area contributed by atoms with Gasteiger partial charge >= 0.3 is 0 Å². The van der Waals surface area contributed by atoms with Crippen LogP contribution >= 0.6 is 0 Å². The quantitative estimate of drug-likeness (QED) is 0.641. The molecule has 0 unspecified atom stereocenters. The van der Waals surface area contributed by atoms with E-state index >= 15 is 0 Å². The van der Waals surface area contributed by atoms with Crippen LogP contribution in [0.4, 0.5) is 5.82 Å². The fourth-order valence-corrected chi connectivity index (χ4v) is 2.14. The van der Waals surface area contributed by atoms with Crippen LogP contribution in [0.15, 0.2) is 36.9 Å². The zero-order valence-electron chi connectivity index (χ0n) is 10.6. The minimum absolute atomic E-state index is 0.305. The van der Waals surface area contributed by atoms with Crippen molar-refractivity contribution in [3.05, 3.63) is 42.6 Å². The topological polar surface area (TPSA) is 84.0 Å². The predicted octanol–water partition coefficient (Wildman–Crippen LogP) is 0.968. The first-order chi connectivity index (χ1) is 9.70.